The van der Waals surface area contributed by atoms with Crippen molar-refractivity contribution in [2.45, 2.75) is 4.90 Å². The SMILES string of the molecule is COc1ccc(S(=O)(=O)/N=C/c2c(Cl)cccc2Cl)cc1. The summed E-state index contributed by atoms with van der Waals surface area (Å²) in [5.74, 6) is 0.562. The number of rotatable bonds is 4. The van der Waals surface area contributed by atoms with Gasteiger partial charge in [-0.1, -0.05) is 29.3 Å². The second-order valence-corrected chi connectivity index (χ2v) is 6.47. The maximum Gasteiger partial charge on any atom is 0.282 e. The van der Waals surface area contributed by atoms with Gasteiger partial charge in [0.25, 0.3) is 10.0 Å². The van der Waals surface area contributed by atoms with Gasteiger partial charge in [0.2, 0.25) is 0 Å². The van der Waals surface area contributed by atoms with Gasteiger partial charge in [0, 0.05) is 5.56 Å². The van der Waals surface area contributed by atoms with E-state index < -0.39 is 10.0 Å². The average molecular weight is 344 g/mol. The van der Waals surface area contributed by atoms with Crippen LogP contribution in [0.25, 0.3) is 0 Å². The Morgan fingerprint density at radius 2 is 1.62 bits per heavy atom. The zero-order valence-corrected chi connectivity index (χ0v) is 13.3. The molecule has 4 nitrogen and oxygen atoms in total. The third-order valence-electron chi connectivity index (χ3n) is 2.68. The van der Waals surface area contributed by atoms with Gasteiger partial charge < -0.3 is 4.74 Å². The van der Waals surface area contributed by atoms with E-state index in [1.54, 1.807) is 30.3 Å². The van der Waals surface area contributed by atoms with E-state index in [1.165, 1.54) is 19.2 Å². The summed E-state index contributed by atoms with van der Waals surface area (Å²) in [6.45, 7) is 0. The molecular formula is C14H11Cl2NO3S. The maximum absolute atomic E-state index is 12.1. The fourth-order valence-corrected chi connectivity index (χ4v) is 2.91. The van der Waals surface area contributed by atoms with Gasteiger partial charge in [-0.2, -0.15) is 12.8 Å². The summed E-state index contributed by atoms with van der Waals surface area (Å²) in [5, 5.41) is 0.660. The van der Waals surface area contributed by atoms with E-state index in [2.05, 4.69) is 4.40 Å². The summed E-state index contributed by atoms with van der Waals surface area (Å²) < 4.78 is 32.8. The Balaban J connectivity index is 2.34. The minimum atomic E-state index is -3.82. The van der Waals surface area contributed by atoms with Crippen LogP contribution in [0.5, 0.6) is 5.75 Å². The lowest BCUT2D eigenvalue weighted by Gasteiger charge is -2.03. The topological polar surface area (TPSA) is 55.7 Å². The third kappa shape index (κ3) is 3.75. The van der Waals surface area contributed by atoms with E-state index in [9.17, 15) is 8.42 Å². The summed E-state index contributed by atoms with van der Waals surface area (Å²) in [4.78, 5) is 0.0581. The molecule has 21 heavy (non-hydrogen) atoms. The molecule has 0 radical (unpaired) electrons. The molecule has 0 N–H and O–H groups in total. The number of hydrogen-bond donors (Lipinski definition) is 0. The largest absolute Gasteiger partial charge is 0.497 e. The van der Waals surface area contributed by atoms with Crippen molar-refractivity contribution in [3.63, 3.8) is 0 Å². The molecule has 0 heterocycles. The molecule has 2 aromatic rings. The molecule has 0 aromatic heterocycles. The molecule has 0 aliphatic rings. The maximum atomic E-state index is 12.1. The van der Waals surface area contributed by atoms with Gasteiger partial charge >= 0.3 is 0 Å². The van der Waals surface area contributed by atoms with Crippen molar-refractivity contribution in [2.24, 2.45) is 4.40 Å². The molecule has 0 saturated carbocycles. The number of benzene rings is 2. The number of halogens is 2. The molecule has 0 saturated heterocycles. The lowest BCUT2D eigenvalue weighted by atomic mass is 10.2. The highest BCUT2D eigenvalue weighted by molar-refractivity contribution is 7.90. The Bertz CT molecular complexity index is 751. The van der Waals surface area contributed by atoms with E-state index in [1.807, 2.05) is 0 Å². The standard InChI is InChI=1S/C14H11Cl2NO3S/c1-20-10-5-7-11(8-6-10)21(18,19)17-9-12-13(15)3-2-4-14(12)16/h2-9H,1H3/b17-9+. The van der Waals surface area contributed by atoms with Crippen molar-refractivity contribution >= 4 is 39.4 Å². The molecule has 0 unspecified atom stereocenters. The van der Waals surface area contributed by atoms with Gasteiger partial charge in [-0.05, 0) is 36.4 Å². The number of nitrogens with zero attached hydrogens (tertiary/aromatic N) is 1. The summed E-state index contributed by atoms with van der Waals surface area (Å²) >= 11 is 11.9. The van der Waals surface area contributed by atoms with Crippen molar-refractivity contribution in [2.75, 3.05) is 7.11 Å². The van der Waals surface area contributed by atoms with E-state index in [-0.39, 0.29) is 4.90 Å². The van der Waals surface area contributed by atoms with Crippen LogP contribution < -0.4 is 4.74 Å². The van der Waals surface area contributed by atoms with Crippen molar-refractivity contribution in [3.8, 4) is 5.75 Å². The molecule has 0 aliphatic heterocycles. The molecule has 0 aliphatic carbocycles. The Morgan fingerprint density at radius 3 is 2.14 bits per heavy atom. The van der Waals surface area contributed by atoms with E-state index in [0.29, 0.717) is 21.4 Å². The minimum absolute atomic E-state index is 0.0581. The lowest BCUT2D eigenvalue weighted by molar-refractivity contribution is 0.414. The fraction of sp³-hybridized carbons (Fsp3) is 0.0714. The van der Waals surface area contributed by atoms with Crippen molar-refractivity contribution in [3.05, 3.63) is 58.1 Å². The summed E-state index contributed by atoms with van der Waals surface area (Å²) in [6, 6.07) is 10.8. The summed E-state index contributed by atoms with van der Waals surface area (Å²) in [6.07, 6.45) is 1.14. The van der Waals surface area contributed by atoms with Gasteiger partial charge in [0.1, 0.15) is 5.75 Å². The Morgan fingerprint density at radius 1 is 1.05 bits per heavy atom. The van der Waals surface area contributed by atoms with Crippen LogP contribution in [0.1, 0.15) is 5.56 Å². The first kappa shape index (κ1) is 15.8. The quantitative estimate of drug-likeness (QED) is 0.793. The minimum Gasteiger partial charge on any atom is -0.497 e. The third-order valence-corrected chi connectivity index (χ3v) is 4.59. The molecule has 0 bridgehead atoms. The molecule has 2 rings (SSSR count). The highest BCUT2D eigenvalue weighted by Crippen LogP contribution is 2.23. The Hall–Kier alpha value is -1.56. The van der Waals surface area contributed by atoms with E-state index in [4.69, 9.17) is 27.9 Å². The molecule has 0 amide bonds. The highest BCUT2D eigenvalue weighted by atomic mass is 35.5. The van der Waals surface area contributed by atoms with Gasteiger partial charge in [0.05, 0.1) is 28.3 Å². The van der Waals surface area contributed by atoms with Crippen LogP contribution in [0.2, 0.25) is 10.0 Å². The predicted octanol–water partition coefficient (Wildman–Crippen LogP) is 3.81. The Kier molecular flexibility index (Phi) is 4.88. The van der Waals surface area contributed by atoms with Crippen LogP contribution in [0.4, 0.5) is 0 Å². The molecule has 110 valence electrons. The zero-order valence-electron chi connectivity index (χ0n) is 11.0. The number of methoxy groups -OCH3 is 1. The van der Waals surface area contributed by atoms with E-state index >= 15 is 0 Å². The second-order valence-electron chi connectivity index (χ2n) is 4.02. The molecule has 0 atom stereocenters. The molecule has 7 heteroatoms. The average Bonchev–Trinajstić information content (AvgIpc) is 2.47. The Labute approximate surface area is 133 Å². The van der Waals surface area contributed by atoms with Gasteiger partial charge in [-0.25, -0.2) is 0 Å². The van der Waals surface area contributed by atoms with Gasteiger partial charge in [-0.3, -0.25) is 0 Å². The van der Waals surface area contributed by atoms with Gasteiger partial charge in [0.15, 0.2) is 0 Å². The number of hydrogen-bond acceptors (Lipinski definition) is 3. The van der Waals surface area contributed by atoms with Crippen molar-refractivity contribution in [1.29, 1.82) is 0 Å². The molecular weight excluding hydrogens is 333 g/mol. The predicted molar refractivity (Wildman–Crippen MR) is 84.2 cm³/mol. The van der Waals surface area contributed by atoms with Crippen LogP contribution in [0.15, 0.2) is 51.8 Å². The molecule has 0 fully saturated rings. The fourth-order valence-electron chi connectivity index (χ4n) is 1.56. The van der Waals surface area contributed by atoms with Crippen LogP contribution in [-0.4, -0.2) is 21.7 Å². The monoisotopic (exact) mass is 343 g/mol. The number of sulfonamides is 1. The summed E-state index contributed by atoms with van der Waals surface area (Å²) in [7, 11) is -2.32. The molecule has 2 aromatic carbocycles. The first-order chi connectivity index (χ1) is 9.94. The van der Waals surface area contributed by atoms with Crippen molar-refractivity contribution < 1.29 is 13.2 Å². The first-order valence-corrected chi connectivity index (χ1v) is 8.02. The van der Waals surface area contributed by atoms with Crippen LogP contribution in [0.3, 0.4) is 0 Å². The first-order valence-electron chi connectivity index (χ1n) is 5.82. The second kappa shape index (κ2) is 6.47. The smallest absolute Gasteiger partial charge is 0.282 e. The van der Waals surface area contributed by atoms with Crippen LogP contribution in [0, 0.1) is 0 Å². The van der Waals surface area contributed by atoms with Crippen molar-refractivity contribution in [1.82, 2.24) is 0 Å². The van der Waals surface area contributed by atoms with Gasteiger partial charge in [-0.15, -0.1) is 0 Å². The zero-order chi connectivity index (χ0) is 15.5. The highest BCUT2D eigenvalue weighted by Gasteiger charge is 2.12. The lowest BCUT2D eigenvalue weighted by Crippen LogP contribution is -1.98. The van der Waals surface area contributed by atoms with E-state index in [0.717, 1.165) is 6.21 Å². The number of ether oxygens (including phenoxy) is 1. The molecule has 0 spiro atoms. The summed E-state index contributed by atoms with van der Waals surface area (Å²) in [5.41, 5.74) is 0.359. The van der Waals surface area contributed by atoms with Crippen LogP contribution in [-0.2, 0) is 10.0 Å². The van der Waals surface area contributed by atoms with Crippen LogP contribution >= 0.6 is 23.2 Å². The normalized spacial score (nSPS) is 11.8.